The van der Waals surface area contributed by atoms with Gasteiger partial charge in [-0.05, 0) is 26.8 Å². The van der Waals surface area contributed by atoms with Gasteiger partial charge in [-0.2, -0.15) is 0 Å². The molecule has 0 radical (unpaired) electrons. The molecule has 2 aromatic rings. The highest BCUT2D eigenvalue weighted by Gasteiger charge is 2.02. The predicted molar refractivity (Wildman–Crippen MR) is 67.9 cm³/mol. The van der Waals surface area contributed by atoms with E-state index < -0.39 is 0 Å². The van der Waals surface area contributed by atoms with Gasteiger partial charge < -0.3 is 5.32 Å². The van der Waals surface area contributed by atoms with E-state index in [9.17, 15) is 0 Å². The number of rotatable bonds is 6. The summed E-state index contributed by atoms with van der Waals surface area (Å²) in [4.78, 5) is 5.80. The Labute approximate surface area is 105 Å². The molecule has 0 spiro atoms. The third-order valence-electron chi connectivity index (χ3n) is 2.56. The molecule has 0 aliphatic heterocycles. The Hall–Kier alpha value is -1.27. The molecule has 0 saturated heterocycles. The molecule has 1 N–H and O–H groups in total. The Kier molecular flexibility index (Phi) is 4.22. The van der Waals surface area contributed by atoms with Crippen LogP contribution in [-0.4, -0.2) is 26.5 Å². The average Bonchev–Trinajstić information content (AvgIpc) is 2.90. The van der Waals surface area contributed by atoms with Crippen LogP contribution in [0.5, 0.6) is 0 Å². The third kappa shape index (κ3) is 3.61. The largest absolute Gasteiger partial charge is 0.310 e. The minimum absolute atomic E-state index is 0.858. The van der Waals surface area contributed by atoms with Crippen molar-refractivity contribution in [3.8, 4) is 0 Å². The van der Waals surface area contributed by atoms with Crippen LogP contribution in [0.15, 0.2) is 12.4 Å². The topological polar surface area (TPSA) is 55.6 Å². The maximum Gasteiger partial charge on any atom is 0.107 e. The zero-order valence-corrected chi connectivity index (χ0v) is 11.0. The van der Waals surface area contributed by atoms with Gasteiger partial charge in [-0.1, -0.05) is 5.21 Å². The van der Waals surface area contributed by atoms with E-state index in [4.69, 9.17) is 0 Å². The summed E-state index contributed by atoms with van der Waals surface area (Å²) < 4.78 is 1.85. The molecule has 92 valence electrons. The molecule has 0 aromatic carbocycles. The van der Waals surface area contributed by atoms with Crippen LogP contribution in [0.1, 0.15) is 22.0 Å². The summed E-state index contributed by atoms with van der Waals surface area (Å²) in [5, 5.41) is 12.2. The zero-order chi connectivity index (χ0) is 12.1. The van der Waals surface area contributed by atoms with Crippen molar-refractivity contribution in [3.05, 3.63) is 28.0 Å². The van der Waals surface area contributed by atoms with Gasteiger partial charge >= 0.3 is 0 Å². The van der Waals surface area contributed by atoms with Crippen LogP contribution in [-0.2, 0) is 13.1 Å². The Bertz CT molecular complexity index is 429. The zero-order valence-electron chi connectivity index (χ0n) is 10.2. The lowest BCUT2D eigenvalue weighted by Gasteiger charge is -2.02. The monoisotopic (exact) mass is 251 g/mol. The highest BCUT2D eigenvalue weighted by molar-refractivity contribution is 7.11. The molecular weight excluding hydrogens is 234 g/mol. The summed E-state index contributed by atoms with van der Waals surface area (Å²) in [7, 11) is 0. The Morgan fingerprint density at radius 1 is 1.41 bits per heavy atom. The summed E-state index contributed by atoms with van der Waals surface area (Å²) in [6, 6.07) is 0. The number of aryl methyl sites for hydroxylation is 3. The van der Waals surface area contributed by atoms with Crippen molar-refractivity contribution in [2.24, 2.45) is 0 Å². The summed E-state index contributed by atoms with van der Waals surface area (Å²) in [5.41, 5.74) is 1.15. The van der Waals surface area contributed by atoms with E-state index in [1.165, 1.54) is 9.88 Å². The normalized spacial score (nSPS) is 10.9. The van der Waals surface area contributed by atoms with Crippen molar-refractivity contribution in [2.45, 2.75) is 33.4 Å². The summed E-state index contributed by atoms with van der Waals surface area (Å²) in [5.74, 6) is 0. The lowest BCUT2D eigenvalue weighted by atomic mass is 10.4. The van der Waals surface area contributed by atoms with Crippen LogP contribution in [0.25, 0.3) is 0 Å². The van der Waals surface area contributed by atoms with Crippen molar-refractivity contribution >= 4 is 11.3 Å². The lowest BCUT2D eigenvalue weighted by Crippen LogP contribution is -2.16. The first-order valence-corrected chi connectivity index (χ1v) is 6.55. The molecule has 2 heterocycles. The van der Waals surface area contributed by atoms with Crippen molar-refractivity contribution in [2.75, 3.05) is 6.54 Å². The molecule has 17 heavy (non-hydrogen) atoms. The molecule has 0 fully saturated rings. The van der Waals surface area contributed by atoms with Crippen molar-refractivity contribution in [3.63, 3.8) is 0 Å². The molecule has 2 rings (SSSR count). The van der Waals surface area contributed by atoms with Gasteiger partial charge in [0.25, 0.3) is 0 Å². The maximum absolute atomic E-state index is 4.49. The Morgan fingerprint density at radius 3 is 2.94 bits per heavy atom. The van der Waals surface area contributed by atoms with Gasteiger partial charge in [0.05, 0.1) is 11.9 Å². The van der Waals surface area contributed by atoms with E-state index in [0.717, 1.165) is 31.7 Å². The summed E-state index contributed by atoms with van der Waals surface area (Å²) in [6.45, 7) is 6.90. The second kappa shape index (κ2) is 5.88. The number of hydrogen-bond donors (Lipinski definition) is 1. The molecule has 0 bridgehead atoms. The van der Waals surface area contributed by atoms with E-state index >= 15 is 0 Å². The van der Waals surface area contributed by atoms with Crippen LogP contribution in [0, 0.1) is 13.8 Å². The Morgan fingerprint density at radius 2 is 2.29 bits per heavy atom. The van der Waals surface area contributed by atoms with Crippen molar-refractivity contribution < 1.29 is 0 Å². The molecule has 0 aliphatic rings. The Balaban J connectivity index is 1.63. The molecular formula is C11H17N5S. The molecule has 6 heteroatoms. The summed E-state index contributed by atoms with van der Waals surface area (Å²) in [6.07, 6.45) is 4.63. The fourth-order valence-corrected chi connectivity index (χ4v) is 2.43. The first-order valence-electron chi connectivity index (χ1n) is 5.73. The van der Waals surface area contributed by atoms with E-state index in [1.54, 1.807) is 17.5 Å². The molecule has 0 amide bonds. The van der Waals surface area contributed by atoms with Crippen LogP contribution in [0.4, 0.5) is 0 Å². The maximum atomic E-state index is 4.49. The highest BCUT2D eigenvalue weighted by atomic mass is 32.1. The second-order valence-corrected chi connectivity index (χ2v) is 5.23. The molecule has 2 aromatic heterocycles. The van der Waals surface area contributed by atoms with Gasteiger partial charge in [0.2, 0.25) is 0 Å². The van der Waals surface area contributed by atoms with E-state index in [2.05, 4.69) is 34.5 Å². The third-order valence-corrected chi connectivity index (χ3v) is 3.63. The number of aromatic nitrogens is 4. The minimum atomic E-state index is 0.858. The SMILES string of the molecule is Cc1nc(CNCCCn2ccnn2)sc1C. The van der Waals surface area contributed by atoms with Crippen LogP contribution >= 0.6 is 11.3 Å². The molecule has 5 nitrogen and oxygen atoms in total. The van der Waals surface area contributed by atoms with Gasteiger partial charge in [0, 0.05) is 24.2 Å². The molecule has 0 unspecified atom stereocenters. The first-order chi connectivity index (χ1) is 8.25. The van der Waals surface area contributed by atoms with Crippen LogP contribution < -0.4 is 5.32 Å². The smallest absolute Gasteiger partial charge is 0.107 e. The van der Waals surface area contributed by atoms with Crippen LogP contribution in [0.3, 0.4) is 0 Å². The number of thiazole rings is 1. The van der Waals surface area contributed by atoms with Gasteiger partial charge in [-0.15, -0.1) is 16.4 Å². The molecule has 0 saturated carbocycles. The lowest BCUT2D eigenvalue weighted by molar-refractivity contribution is 0.529. The van der Waals surface area contributed by atoms with Gasteiger partial charge in [-0.3, -0.25) is 4.68 Å². The van der Waals surface area contributed by atoms with Gasteiger partial charge in [0.15, 0.2) is 0 Å². The van der Waals surface area contributed by atoms with Crippen LogP contribution in [0.2, 0.25) is 0 Å². The minimum Gasteiger partial charge on any atom is -0.310 e. The van der Waals surface area contributed by atoms with Crippen molar-refractivity contribution in [1.82, 2.24) is 25.3 Å². The number of nitrogens with one attached hydrogen (secondary N) is 1. The van der Waals surface area contributed by atoms with Gasteiger partial charge in [0.1, 0.15) is 5.01 Å². The summed E-state index contributed by atoms with van der Waals surface area (Å²) >= 11 is 1.77. The fourth-order valence-electron chi connectivity index (χ4n) is 1.53. The number of nitrogens with zero attached hydrogens (tertiary/aromatic N) is 4. The first kappa shape index (κ1) is 12.2. The molecule has 0 atom stereocenters. The van der Waals surface area contributed by atoms with Crippen molar-refractivity contribution in [1.29, 1.82) is 0 Å². The van der Waals surface area contributed by atoms with E-state index in [1.807, 2.05) is 10.9 Å². The molecule has 0 aliphatic carbocycles. The standard InChI is InChI=1S/C11H17N5S/c1-9-10(2)17-11(14-9)8-12-4-3-6-16-7-5-13-15-16/h5,7,12H,3-4,6,8H2,1-2H3. The van der Waals surface area contributed by atoms with Gasteiger partial charge in [-0.25, -0.2) is 4.98 Å². The highest BCUT2D eigenvalue weighted by Crippen LogP contribution is 2.15. The second-order valence-electron chi connectivity index (χ2n) is 3.95. The average molecular weight is 251 g/mol. The fraction of sp³-hybridized carbons (Fsp3) is 0.545. The van der Waals surface area contributed by atoms with E-state index in [0.29, 0.717) is 0 Å². The quantitative estimate of drug-likeness (QED) is 0.791. The van der Waals surface area contributed by atoms with E-state index in [-0.39, 0.29) is 0 Å². The predicted octanol–water partition coefficient (Wildman–Crippen LogP) is 1.53. The number of hydrogen-bond acceptors (Lipinski definition) is 5.